The van der Waals surface area contributed by atoms with Crippen LogP contribution in [0.15, 0.2) is 93.8 Å². The lowest BCUT2D eigenvalue weighted by atomic mass is 10.1. The van der Waals surface area contributed by atoms with Gasteiger partial charge in [-0.2, -0.15) is 0 Å². The van der Waals surface area contributed by atoms with Gasteiger partial charge in [-0.3, -0.25) is 19.1 Å². The standard InChI is InChI=1S/C32H43N5O5/c1-3-4-5-6-7-8-9-10-11-12-13-14-15-16-17-18-19-20-21-22-30(38)41-25-28-27(35-36-33)23-29(42-28)37-24-26(2)31(39)34-32(37)40/h4-5,7-8,10-11,13-14,16-17,19-20,24,27-29H,3,6,9,12,15,18,21-23,25H2,1-2H3,(H,34,39,40)/t27-,28+,29-/m0/s1. The second kappa shape index (κ2) is 20.7. The smallest absolute Gasteiger partial charge is 0.330 e. The van der Waals surface area contributed by atoms with Gasteiger partial charge in [-0.15, -0.1) is 0 Å². The Morgan fingerprint density at radius 2 is 1.55 bits per heavy atom. The number of esters is 1. The van der Waals surface area contributed by atoms with Crippen molar-refractivity contribution in [2.24, 2.45) is 5.11 Å². The summed E-state index contributed by atoms with van der Waals surface area (Å²) >= 11 is 0. The molecule has 1 N–H and O–H groups in total. The van der Waals surface area contributed by atoms with Crippen LogP contribution in [0.5, 0.6) is 0 Å². The zero-order valence-electron chi connectivity index (χ0n) is 24.6. The van der Waals surface area contributed by atoms with Gasteiger partial charge in [-0.05, 0) is 57.4 Å². The Balaban J connectivity index is 1.60. The molecule has 1 saturated heterocycles. The second-order valence-electron chi connectivity index (χ2n) is 9.75. The zero-order chi connectivity index (χ0) is 30.4. The van der Waals surface area contributed by atoms with Crippen molar-refractivity contribution in [1.82, 2.24) is 9.55 Å². The number of nitrogens with one attached hydrogen (secondary N) is 1. The van der Waals surface area contributed by atoms with Gasteiger partial charge in [-0.1, -0.05) is 85.0 Å². The third-order valence-electron chi connectivity index (χ3n) is 6.38. The number of carbonyl (C=O) groups is 1. The average molecular weight is 578 g/mol. The number of ether oxygens (including phenoxy) is 2. The molecular formula is C32H43N5O5. The molecule has 0 bridgehead atoms. The number of allylic oxidation sites excluding steroid dienone is 12. The molecule has 2 heterocycles. The highest BCUT2D eigenvalue weighted by atomic mass is 16.6. The first-order valence-electron chi connectivity index (χ1n) is 14.5. The normalized spacial score (nSPS) is 19.3. The second-order valence-corrected chi connectivity index (χ2v) is 9.75. The Morgan fingerprint density at radius 1 is 1.00 bits per heavy atom. The van der Waals surface area contributed by atoms with E-state index in [1.807, 2.05) is 12.2 Å². The molecule has 226 valence electrons. The molecule has 0 radical (unpaired) electrons. The van der Waals surface area contributed by atoms with Crippen LogP contribution in [0.1, 0.15) is 76.5 Å². The molecule has 1 aliphatic rings. The van der Waals surface area contributed by atoms with Crippen molar-refractivity contribution in [3.05, 3.63) is 116 Å². The van der Waals surface area contributed by atoms with E-state index in [1.165, 1.54) is 10.8 Å². The highest BCUT2D eigenvalue weighted by Gasteiger charge is 2.37. The number of aromatic nitrogens is 2. The van der Waals surface area contributed by atoms with Gasteiger partial charge in [-0.25, -0.2) is 4.79 Å². The summed E-state index contributed by atoms with van der Waals surface area (Å²) in [6, 6.07) is -0.615. The summed E-state index contributed by atoms with van der Waals surface area (Å²) in [4.78, 5) is 41.1. The van der Waals surface area contributed by atoms with Crippen LogP contribution in [-0.4, -0.2) is 34.3 Å². The maximum Gasteiger partial charge on any atom is 0.330 e. The highest BCUT2D eigenvalue weighted by molar-refractivity contribution is 5.69. The molecule has 10 nitrogen and oxygen atoms in total. The predicted molar refractivity (Wildman–Crippen MR) is 166 cm³/mol. The minimum Gasteiger partial charge on any atom is -0.463 e. The third kappa shape index (κ3) is 13.5. The van der Waals surface area contributed by atoms with Crippen molar-refractivity contribution in [3.63, 3.8) is 0 Å². The van der Waals surface area contributed by atoms with Crippen LogP contribution < -0.4 is 11.2 Å². The lowest BCUT2D eigenvalue weighted by Gasteiger charge is -2.16. The number of rotatable bonds is 18. The Hall–Kier alpha value is -4.14. The van der Waals surface area contributed by atoms with Crippen molar-refractivity contribution < 1.29 is 14.3 Å². The van der Waals surface area contributed by atoms with Crippen LogP contribution in [0.3, 0.4) is 0 Å². The van der Waals surface area contributed by atoms with Gasteiger partial charge in [0.25, 0.3) is 5.56 Å². The van der Waals surface area contributed by atoms with Crippen LogP contribution in [0.4, 0.5) is 0 Å². The van der Waals surface area contributed by atoms with Crippen molar-refractivity contribution in [2.45, 2.75) is 90.0 Å². The van der Waals surface area contributed by atoms with Gasteiger partial charge >= 0.3 is 11.7 Å². The molecule has 0 spiro atoms. The summed E-state index contributed by atoms with van der Waals surface area (Å²) in [7, 11) is 0. The lowest BCUT2D eigenvalue weighted by molar-refractivity contribution is -0.148. The van der Waals surface area contributed by atoms with Gasteiger partial charge < -0.3 is 9.47 Å². The number of H-pyrrole nitrogens is 1. The Morgan fingerprint density at radius 3 is 2.10 bits per heavy atom. The van der Waals surface area contributed by atoms with E-state index in [2.05, 4.69) is 82.7 Å². The number of hydrogen-bond donors (Lipinski definition) is 1. The average Bonchev–Trinajstić information content (AvgIpc) is 3.37. The van der Waals surface area contributed by atoms with E-state index in [9.17, 15) is 14.4 Å². The zero-order valence-corrected chi connectivity index (χ0v) is 24.6. The van der Waals surface area contributed by atoms with E-state index in [1.54, 1.807) is 6.92 Å². The molecule has 1 fully saturated rings. The van der Waals surface area contributed by atoms with Gasteiger partial charge in [0.2, 0.25) is 0 Å². The van der Waals surface area contributed by atoms with E-state index in [0.717, 1.165) is 38.5 Å². The van der Waals surface area contributed by atoms with E-state index >= 15 is 0 Å². The summed E-state index contributed by atoms with van der Waals surface area (Å²) in [5.74, 6) is -0.390. The van der Waals surface area contributed by atoms with E-state index in [0.29, 0.717) is 12.0 Å². The first kappa shape index (κ1) is 34.1. The maximum absolute atomic E-state index is 12.2. The highest BCUT2D eigenvalue weighted by Crippen LogP contribution is 2.30. The fraction of sp³-hybridized carbons (Fsp3) is 0.469. The number of carbonyl (C=O) groups excluding carboxylic acids is 1. The lowest BCUT2D eigenvalue weighted by Crippen LogP contribution is -2.33. The van der Waals surface area contributed by atoms with Crippen molar-refractivity contribution >= 4 is 5.97 Å². The molecule has 42 heavy (non-hydrogen) atoms. The summed E-state index contributed by atoms with van der Waals surface area (Å²) in [6.07, 6.45) is 32.1. The molecule has 10 heteroatoms. The molecule has 2 rings (SSSR count). The minimum atomic E-state index is -0.744. The largest absolute Gasteiger partial charge is 0.463 e. The number of aromatic amines is 1. The van der Waals surface area contributed by atoms with E-state index < -0.39 is 35.6 Å². The van der Waals surface area contributed by atoms with Crippen LogP contribution in [0.2, 0.25) is 0 Å². The fourth-order valence-corrected chi connectivity index (χ4v) is 4.11. The maximum atomic E-state index is 12.2. The first-order valence-corrected chi connectivity index (χ1v) is 14.5. The third-order valence-corrected chi connectivity index (χ3v) is 6.38. The Bertz CT molecular complexity index is 1310. The topological polar surface area (TPSA) is 139 Å². The van der Waals surface area contributed by atoms with Gasteiger partial charge in [0, 0.05) is 29.5 Å². The molecule has 0 amide bonds. The van der Waals surface area contributed by atoms with Crippen LogP contribution in [0, 0.1) is 6.92 Å². The molecule has 0 unspecified atom stereocenters. The molecule has 0 saturated carbocycles. The van der Waals surface area contributed by atoms with Crippen LogP contribution in [0.25, 0.3) is 10.4 Å². The molecule has 3 atom stereocenters. The summed E-state index contributed by atoms with van der Waals surface area (Å²) in [5, 5.41) is 3.73. The number of azide groups is 1. The van der Waals surface area contributed by atoms with E-state index in [-0.39, 0.29) is 19.4 Å². The van der Waals surface area contributed by atoms with Crippen molar-refractivity contribution in [3.8, 4) is 0 Å². The van der Waals surface area contributed by atoms with Crippen molar-refractivity contribution in [2.75, 3.05) is 6.61 Å². The minimum absolute atomic E-state index is 0.0974. The number of hydrogen-bond acceptors (Lipinski definition) is 6. The molecule has 1 aromatic rings. The van der Waals surface area contributed by atoms with Crippen LogP contribution in [-0.2, 0) is 14.3 Å². The molecule has 0 aliphatic carbocycles. The van der Waals surface area contributed by atoms with Crippen LogP contribution >= 0.6 is 0 Å². The van der Waals surface area contributed by atoms with Crippen molar-refractivity contribution in [1.29, 1.82) is 0 Å². The quantitative estimate of drug-likeness (QED) is 0.0669. The SMILES string of the molecule is CCC=CCC=CCC=CCC=CCC=CCC=CCCC(=O)OC[C@H]1O[C@H](n2cc(C)c(=O)[nH]c2=O)C[C@@H]1N=[N+]=[N-]. The van der Waals surface area contributed by atoms with Gasteiger partial charge in [0.1, 0.15) is 18.9 Å². The summed E-state index contributed by atoms with van der Waals surface area (Å²) < 4.78 is 12.4. The van der Waals surface area contributed by atoms with E-state index in [4.69, 9.17) is 15.0 Å². The molecule has 1 aliphatic heterocycles. The fourth-order valence-electron chi connectivity index (χ4n) is 4.11. The molecule has 1 aromatic heterocycles. The summed E-state index contributed by atoms with van der Waals surface area (Å²) in [5.41, 5.74) is 8.15. The van der Waals surface area contributed by atoms with Gasteiger partial charge in [0.15, 0.2) is 0 Å². The molecular weight excluding hydrogens is 534 g/mol. The monoisotopic (exact) mass is 577 g/mol. The summed E-state index contributed by atoms with van der Waals surface area (Å²) in [6.45, 7) is 3.61. The Labute approximate surface area is 247 Å². The number of aryl methyl sites for hydroxylation is 1. The first-order chi connectivity index (χ1) is 20.5. The van der Waals surface area contributed by atoms with Gasteiger partial charge in [0.05, 0.1) is 6.04 Å². The molecule has 0 aromatic carbocycles. The number of nitrogens with zero attached hydrogens (tertiary/aromatic N) is 4. The Kier molecular flexibility index (Phi) is 16.8. The predicted octanol–water partition coefficient (Wildman–Crippen LogP) is 6.83.